The van der Waals surface area contributed by atoms with E-state index < -0.39 is 17.4 Å². The minimum Gasteiger partial charge on any atom is -0.444 e. The third-order valence-electron chi connectivity index (χ3n) is 5.44. The highest BCUT2D eigenvalue weighted by atomic mass is 19.1. The summed E-state index contributed by atoms with van der Waals surface area (Å²) >= 11 is 0. The summed E-state index contributed by atoms with van der Waals surface area (Å²) in [6.07, 6.45) is 3.78. The van der Waals surface area contributed by atoms with Crippen molar-refractivity contribution in [1.29, 1.82) is 0 Å². The lowest BCUT2D eigenvalue weighted by Crippen LogP contribution is -2.48. The van der Waals surface area contributed by atoms with Crippen molar-refractivity contribution in [3.63, 3.8) is 0 Å². The summed E-state index contributed by atoms with van der Waals surface area (Å²) in [4.78, 5) is 27.7. The van der Waals surface area contributed by atoms with Crippen LogP contribution < -0.4 is 5.32 Å². The summed E-state index contributed by atoms with van der Waals surface area (Å²) in [6.45, 7) is 14.0. The molecule has 3 amide bonds. The molecule has 1 aromatic rings. The molecule has 6 nitrogen and oxygen atoms in total. The Hall–Kier alpha value is -3.16. The molecule has 1 saturated heterocycles. The highest BCUT2D eigenvalue weighted by Crippen LogP contribution is 2.28. The number of amides is 3. The van der Waals surface area contributed by atoms with Crippen molar-refractivity contribution in [3.05, 3.63) is 72.6 Å². The number of carbonyl (C=O) groups excluding carboxylic acids is 2. The molecule has 0 saturated carbocycles. The van der Waals surface area contributed by atoms with Gasteiger partial charge in [0.25, 0.3) is 0 Å². The van der Waals surface area contributed by atoms with Crippen LogP contribution in [0.4, 0.5) is 18.4 Å². The van der Waals surface area contributed by atoms with Crippen molar-refractivity contribution in [2.75, 3.05) is 32.7 Å². The van der Waals surface area contributed by atoms with Crippen LogP contribution in [0.3, 0.4) is 0 Å². The predicted molar refractivity (Wildman–Crippen MR) is 130 cm³/mol. The molecule has 0 aromatic heterocycles. The molecule has 2 aliphatic rings. The second kappa shape index (κ2) is 11.8. The number of ether oxygens (including phenoxy) is 1. The molecule has 8 heteroatoms. The summed E-state index contributed by atoms with van der Waals surface area (Å²) in [7, 11) is 0. The SMILES string of the molecule is C=CC1=C(C=C)CN(C(=O)N2CCC(F)(CNC(=O)OC(C)(C)C)C2)CC1.Fc1ccccc1. The molecule has 1 atom stereocenters. The summed E-state index contributed by atoms with van der Waals surface area (Å²) in [5.74, 6) is -0.178. The van der Waals surface area contributed by atoms with Gasteiger partial charge >= 0.3 is 12.1 Å². The fraction of sp³-hybridized carbons (Fsp3) is 0.462. The number of rotatable bonds is 4. The van der Waals surface area contributed by atoms with Crippen LogP contribution >= 0.6 is 0 Å². The van der Waals surface area contributed by atoms with Gasteiger partial charge in [-0.1, -0.05) is 43.5 Å². The van der Waals surface area contributed by atoms with Crippen LogP contribution in [-0.2, 0) is 4.74 Å². The van der Waals surface area contributed by atoms with E-state index in [1.54, 1.807) is 56.0 Å². The Bertz CT molecular complexity index is 912. The van der Waals surface area contributed by atoms with Gasteiger partial charge in [-0.3, -0.25) is 0 Å². The Morgan fingerprint density at radius 1 is 1.12 bits per heavy atom. The molecular formula is C26H35F2N3O3. The monoisotopic (exact) mass is 475 g/mol. The molecule has 1 fully saturated rings. The smallest absolute Gasteiger partial charge is 0.407 e. The molecule has 3 rings (SSSR count). The van der Waals surface area contributed by atoms with E-state index in [0.717, 1.165) is 11.1 Å². The van der Waals surface area contributed by atoms with Crippen LogP contribution in [0.1, 0.15) is 33.6 Å². The number of benzene rings is 1. The maximum Gasteiger partial charge on any atom is 0.407 e. The number of hydrogen-bond donors (Lipinski definition) is 1. The van der Waals surface area contributed by atoms with Gasteiger partial charge < -0.3 is 19.9 Å². The number of alkyl carbamates (subject to hydrolysis) is 1. The fourth-order valence-electron chi connectivity index (χ4n) is 3.70. The topological polar surface area (TPSA) is 61.9 Å². The molecule has 1 N–H and O–H groups in total. The van der Waals surface area contributed by atoms with E-state index in [9.17, 15) is 14.0 Å². The predicted octanol–water partition coefficient (Wildman–Crippen LogP) is 5.25. The molecule has 34 heavy (non-hydrogen) atoms. The lowest BCUT2D eigenvalue weighted by molar-refractivity contribution is 0.0481. The van der Waals surface area contributed by atoms with Gasteiger partial charge in [-0.15, -0.1) is 0 Å². The van der Waals surface area contributed by atoms with Gasteiger partial charge in [0, 0.05) is 26.1 Å². The van der Waals surface area contributed by atoms with Crippen molar-refractivity contribution < 1.29 is 23.1 Å². The average Bonchev–Trinajstić information content (AvgIpc) is 3.19. The van der Waals surface area contributed by atoms with E-state index in [2.05, 4.69) is 18.5 Å². The molecule has 2 heterocycles. The minimum atomic E-state index is -1.65. The standard InChI is InChI=1S/C20H30FN3O3.C6H5F/c1-6-15-8-10-23(12-16(15)7-2)18(26)24-11-9-20(21,14-24)13-22-17(25)27-19(3,4)5;7-6-4-2-1-3-5-6/h6-7H,1-2,8-14H2,3-5H3,(H,22,25);1-5H. The molecule has 0 bridgehead atoms. The first kappa shape index (κ1) is 27.1. The van der Waals surface area contributed by atoms with Gasteiger partial charge in [-0.2, -0.15) is 0 Å². The van der Waals surface area contributed by atoms with Crippen LogP contribution in [0.25, 0.3) is 0 Å². The zero-order chi connectivity index (χ0) is 25.4. The van der Waals surface area contributed by atoms with E-state index in [4.69, 9.17) is 4.74 Å². The second-order valence-electron chi connectivity index (χ2n) is 9.39. The van der Waals surface area contributed by atoms with Crippen molar-refractivity contribution >= 4 is 12.1 Å². The van der Waals surface area contributed by atoms with Gasteiger partial charge in [0.2, 0.25) is 0 Å². The van der Waals surface area contributed by atoms with E-state index in [-0.39, 0.29) is 31.4 Å². The molecule has 0 aliphatic carbocycles. The van der Waals surface area contributed by atoms with Crippen LogP contribution in [0.2, 0.25) is 0 Å². The minimum absolute atomic E-state index is 0.0421. The number of halogens is 2. The van der Waals surface area contributed by atoms with Crippen LogP contribution in [-0.4, -0.2) is 65.9 Å². The largest absolute Gasteiger partial charge is 0.444 e. The summed E-state index contributed by atoms with van der Waals surface area (Å²) in [6, 6.07) is 7.75. The molecule has 1 aromatic carbocycles. The van der Waals surface area contributed by atoms with Crippen molar-refractivity contribution in [1.82, 2.24) is 15.1 Å². The van der Waals surface area contributed by atoms with Gasteiger partial charge in [0.05, 0.1) is 13.1 Å². The molecule has 0 radical (unpaired) electrons. The number of alkyl halides is 1. The average molecular weight is 476 g/mol. The highest BCUT2D eigenvalue weighted by Gasteiger charge is 2.42. The molecule has 0 spiro atoms. The number of allylic oxidation sites excluding steroid dienone is 1. The number of urea groups is 1. The van der Waals surface area contributed by atoms with E-state index in [1.165, 1.54) is 17.0 Å². The van der Waals surface area contributed by atoms with Crippen molar-refractivity contribution in [2.24, 2.45) is 0 Å². The van der Waals surface area contributed by atoms with Gasteiger partial charge in [-0.25, -0.2) is 18.4 Å². The van der Waals surface area contributed by atoms with E-state index in [0.29, 0.717) is 26.1 Å². The summed E-state index contributed by atoms with van der Waals surface area (Å²) < 4.78 is 32.1. The third-order valence-corrected chi connectivity index (χ3v) is 5.44. The maximum absolute atomic E-state index is 15.0. The second-order valence-corrected chi connectivity index (χ2v) is 9.39. The molecular weight excluding hydrogens is 440 g/mol. The van der Waals surface area contributed by atoms with Gasteiger partial charge in [0.15, 0.2) is 0 Å². The molecule has 2 aliphatic heterocycles. The number of likely N-dealkylation sites (tertiary alicyclic amines) is 1. The van der Waals surface area contributed by atoms with Crippen molar-refractivity contribution in [2.45, 2.75) is 44.9 Å². The summed E-state index contributed by atoms with van der Waals surface area (Å²) in [5.41, 5.74) is -0.218. The Labute approximate surface area is 200 Å². The number of carbonyl (C=O) groups is 2. The maximum atomic E-state index is 15.0. The zero-order valence-corrected chi connectivity index (χ0v) is 20.3. The van der Waals surface area contributed by atoms with E-state index >= 15 is 4.39 Å². The zero-order valence-electron chi connectivity index (χ0n) is 20.3. The van der Waals surface area contributed by atoms with Gasteiger partial charge in [0.1, 0.15) is 17.1 Å². The first-order valence-electron chi connectivity index (χ1n) is 11.3. The fourth-order valence-corrected chi connectivity index (χ4v) is 3.70. The van der Waals surface area contributed by atoms with E-state index in [1.807, 2.05) is 0 Å². The molecule has 186 valence electrons. The normalized spacial score (nSPS) is 20.3. The Kier molecular flexibility index (Phi) is 9.41. The van der Waals surface area contributed by atoms with Crippen LogP contribution in [0, 0.1) is 5.82 Å². The van der Waals surface area contributed by atoms with Crippen LogP contribution in [0.5, 0.6) is 0 Å². The Balaban J connectivity index is 0.000000497. The van der Waals surface area contributed by atoms with Gasteiger partial charge in [-0.05, 0) is 50.5 Å². The highest BCUT2D eigenvalue weighted by molar-refractivity contribution is 5.76. The number of nitrogens with one attached hydrogen (secondary N) is 1. The van der Waals surface area contributed by atoms with Crippen molar-refractivity contribution in [3.8, 4) is 0 Å². The Morgan fingerprint density at radius 3 is 2.29 bits per heavy atom. The quantitative estimate of drug-likeness (QED) is 0.647. The third kappa shape index (κ3) is 8.32. The summed E-state index contributed by atoms with van der Waals surface area (Å²) in [5, 5.41) is 2.47. The Morgan fingerprint density at radius 2 is 1.76 bits per heavy atom. The first-order valence-corrected chi connectivity index (χ1v) is 11.3. The molecule has 1 unspecified atom stereocenters. The first-order chi connectivity index (χ1) is 16.0. The lowest BCUT2D eigenvalue weighted by atomic mass is 10.0. The number of nitrogens with zero attached hydrogens (tertiary/aromatic N) is 2. The lowest BCUT2D eigenvalue weighted by Gasteiger charge is -2.32. The number of hydrogen-bond acceptors (Lipinski definition) is 3. The van der Waals surface area contributed by atoms with Crippen LogP contribution in [0.15, 0.2) is 66.8 Å².